The molecule has 1 saturated carbocycles. The number of aliphatic imine (C=N–C) groups is 1. The molecule has 0 saturated heterocycles. The Morgan fingerprint density at radius 2 is 2.16 bits per heavy atom. The number of nitrogens with zero attached hydrogens (tertiary/aromatic N) is 1. The second-order valence-electron chi connectivity index (χ2n) is 5.85. The van der Waals surface area contributed by atoms with E-state index in [-0.39, 0.29) is 17.9 Å². The Bertz CT molecular complexity index is 533. The SMILES string of the molecule is CC(C)NC(=O)C1CCC2=Nc3ccccc3C2C1. The zero-order valence-electron chi connectivity index (χ0n) is 11.5. The van der Waals surface area contributed by atoms with Crippen molar-refractivity contribution in [2.24, 2.45) is 10.9 Å². The average Bonchev–Trinajstić information content (AvgIpc) is 2.75. The van der Waals surface area contributed by atoms with Gasteiger partial charge in [0, 0.05) is 23.6 Å². The minimum Gasteiger partial charge on any atom is -0.354 e. The summed E-state index contributed by atoms with van der Waals surface area (Å²) in [7, 11) is 0. The quantitative estimate of drug-likeness (QED) is 0.867. The number of carbonyl (C=O) groups is 1. The minimum atomic E-state index is 0.137. The van der Waals surface area contributed by atoms with Crippen molar-refractivity contribution in [3.63, 3.8) is 0 Å². The van der Waals surface area contributed by atoms with Gasteiger partial charge in [0.05, 0.1) is 5.69 Å². The van der Waals surface area contributed by atoms with E-state index < -0.39 is 0 Å². The van der Waals surface area contributed by atoms with Gasteiger partial charge in [-0.05, 0) is 44.7 Å². The molecule has 0 radical (unpaired) electrons. The normalized spacial score (nSPS) is 24.7. The van der Waals surface area contributed by atoms with Crippen LogP contribution in [0, 0.1) is 5.92 Å². The van der Waals surface area contributed by atoms with Gasteiger partial charge in [0.2, 0.25) is 5.91 Å². The fraction of sp³-hybridized carbons (Fsp3) is 0.500. The molecule has 3 nitrogen and oxygen atoms in total. The molecule has 2 unspecified atom stereocenters. The number of benzene rings is 1. The Labute approximate surface area is 114 Å². The molecule has 3 heteroatoms. The summed E-state index contributed by atoms with van der Waals surface area (Å²) in [6, 6.07) is 8.54. The van der Waals surface area contributed by atoms with Crippen LogP contribution in [0.5, 0.6) is 0 Å². The number of nitrogens with one attached hydrogen (secondary N) is 1. The summed E-state index contributed by atoms with van der Waals surface area (Å²) in [6.45, 7) is 4.02. The van der Waals surface area contributed by atoms with E-state index in [1.807, 2.05) is 19.9 Å². The summed E-state index contributed by atoms with van der Waals surface area (Å²) in [4.78, 5) is 16.9. The first kappa shape index (κ1) is 12.4. The van der Waals surface area contributed by atoms with Crippen molar-refractivity contribution in [2.75, 3.05) is 0 Å². The fourth-order valence-electron chi connectivity index (χ4n) is 3.15. The van der Waals surface area contributed by atoms with Gasteiger partial charge < -0.3 is 5.32 Å². The zero-order valence-corrected chi connectivity index (χ0v) is 11.5. The standard InChI is InChI=1S/C16H20N2O/c1-10(2)17-16(19)11-7-8-15-13(9-11)12-5-3-4-6-14(12)18-15/h3-6,10-11,13H,7-9H2,1-2H3,(H,17,19). The average molecular weight is 256 g/mol. The summed E-state index contributed by atoms with van der Waals surface area (Å²) < 4.78 is 0. The predicted molar refractivity (Wildman–Crippen MR) is 76.9 cm³/mol. The lowest BCUT2D eigenvalue weighted by molar-refractivity contribution is -0.126. The molecule has 100 valence electrons. The van der Waals surface area contributed by atoms with E-state index in [1.54, 1.807) is 0 Å². The van der Waals surface area contributed by atoms with E-state index >= 15 is 0 Å². The first-order chi connectivity index (χ1) is 9.15. The molecule has 1 amide bonds. The van der Waals surface area contributed by atoms with E-state index in [9.17, 15) is 4.79 Å². The smallest absolute Gasteiger partial charge is 0.223 e. The monoisotopic (exact) mass is 256 g/mol. The maximum Gasteiger partial charge on any atom is 0.223 e. The summed E-state index contributed by atoms with van der Waals surface area (Å²) in [5.74, 6) is 0.712. The largest absolute Gasteiger partial charge is 0.354 e. The lowest BCUT2D eigenvalue weighted by Crippen LogP contribution is -2.38. The van der Waals surface area contributed by atoms with Gasteiger partial charge in [-0.25, -0.2) is 0 Å². The molecule has 1 aromatic rings. The highest BCUT2D eigenvalue weighted by Gasteiger charge is 2.36. The Hall–Kier alpha value is -1.64. The molecule has 3 rings (SSSR count). The summed E-state index contributed by atoms with van der Waals surface area (Å²) in [6.07, 6.45) is 2.80. The molecule has 1 aromatic carbocycles. The number of hydrogen-bond acceptors (Lipinski definition) is 2. The van der Waals surface area contributed by atoms with Crippen LogP contribution in [0.2, 0.25) is 0 Å². The van der Waals surface area contributed by atoms with Crippen LogP contribution in [0.4, 0.5) is 5.69 Å². The van der Waals surface area contributed by atoms with Crippen LogP contribution in [0.15, 0.2) is 29.3 Å². The van der Waals surface area contributed by atoms with Crippen LogP contribution in [0.25, 0.3) is 0 Å². The number of hydrogen-bond donors (Lipinski definition) is 1. The van der Waals surface area contributed by atoms with Crippen molar-refractivity contribution in [2.45, 2.75) is 45.1 Å². The number of fused-ring (bicyclic) bond motifs is 3. The van der Waals surface area contributed by atoms with Gasteiger partial charge in [0.1, 0.15) is 0 Å². The van der Waals surface area contributed by atoms with Crippen LogP contribution in [-0.4, -0.2) is 17.7 Å². The van der Waals surface area contributed by atoms with Crippen molar-refractivity contribution in [3.8, 4) is 0 Å². The Balaban J connectivity index is 1.77. The third kappa shape index (κ3) is 2.29. The van der Waals surface area contributed by atoms with Gasteiger partial charge in [-0.2, -0.15) is 0 Å². The molecule has 1 aliphatic carbocycles. The van der Waals surface area contributed by atoms with Crippen LogP contribution in [0.3, 0.4) is 0 Å². The van der Waals surface area contributed by atoms with Gasteiger partial charge >= 0.3 is 0 Å². The topological polar surface area (TPSA) is 41.5 Å². The minimum absolute atomic E-state index is 0.137. The van der Waals surface area contributed by atoms with E-state index in [0.717, 1.165) is 24.9 Å². The van der Waals surface area contributed by atoms with Crippen molar-refractivity contribution in [1.82, 2.24) is 5.32 Å². The molecule has 19 heavy (non-hydrogen) atoms. The molecule has 1 aliphatic heterocycles. The van der Waals surface area contributed by atoms with E-state index in [4.69, 9.17) is 4.99 Å². The maximum absolute atomic E-state index is 12.2. The first-order valence-electron chi connectivity index (χ1n) is 7.12. The lowest BCUT2D eigenvalue weighted by Gasteiger charge is -2.28. The Morgan fingerprint density at radius 3 is 2.95 bits per heavy atom. The first-order valence-corrected chi connectivity index (χ1v) is 7.12. The molecule has 0 bridgehead atoms. The second kappa shape index (κ2) is 4.80. The number of para-hydroxylation sites is 1. The molecule has 2 atom stereocenters. The third-order valence-corrected chi connectivity index (χ3v) is 4.05. The zero-order chi connectivity index (χ0) is 13.4. The maximum atomic E-state index is 12.2. The highest BCUT2D eigenvalue weighted by Crippen LogP contribution is 2.44. The molecule has 1 fully saturated rings. The van der Waals surface area contributed by atoms with Crippen molar-refractivity contribution in [3.05, 3.63) is 29.8 Å². The molecule has 0 aromatic heterocycles. The molecule has 2 aliphatic rings. The number of rotatable bonds is 2. The highest BCUT2D eigenvalue weighted by molar-refractivity contribution is 5.99. The van der Waals surface area contributed by atoms with Gasteiger partial charge in [-0.15, -0.1) is 0 Å². The summed E-state index contributed by atoms with van der Waals surface area (Å²) in [5.41, 5.74) is 3.68. The summed E-state index contributed by atoms with van der Waals surface area (Å²) >= 11 is 0. The summed E-state index contributed by atoms with van der Waals surface area (Å²) in [5, 5.41) is 3.04. The fourth-order valence-corrected chi connectivity index (χ4v) is 3.15. The van der Waals surface area contributed by atoms with Gasteiger partial charge in [0.15, 0.2) is 0 Å². The van der Waals surface area contributed by atoms with Gasteiger partial charge in [-0.1, -0.05) is 18.2 Å². The van der Waals surface area contributed by atoms with Gasteiger partial charge in [-0.3, -0.25) is 9.79 Å². The Morgan fingerprint density at radius 1 is 1.37 bits per heavy atom. The second-order valence-corrected chi connectivity index (χ2v) is 5.85. The third-order valence-electron chi connectivity index (χ3n) is 4.05. The lowest BCUT2D eigenvalue weighted by atomic mass is 9.77. The molecule has 0 spiro atoms. The van der Waals surface area contributed by atoms with Crippen LogP contribution >= 0.6 is 0 Å². The molecule has 1 N–H and O–H groups in total. The number of amides is 1. The highest BCUT2D eigenvalue weighted by atomic mass is 16.1. The van der Waals surface area contributed by atoms with Crippen LogP contribution in [0.1, 0.15) is 44.6 Å². The predicted octanol–water partition coefficient (Wildman–Crippen LogP) is 3.18. The van der Waals surface area contributed by atoms with E-state index in [2.05, 4.69) is 23.5 Å². The van der Waals surface area contributed by atoms with E-state index in [0.29, 0.717) is 5.92 Å². The van der Waals surface area contributed by atoms with Crippen LogP contribution in [-0.2, 0) is 4.79 Å². The van der Waals surface area contributed by atoms with Crippen molar-refractivity contribution in [1.29, 1.82) is 0 Å². The number of carbonyl (C=O) groups excluding carboxylic acids is 1. The van der Waals surface area contributed by atoms with Crippen molar-refractivity contribution < 1.29 is 4.79 Å². The molecular weight excluding hydrogens is 236 g/mol. The molecular formula is C16H20N2O. The molecule has 1 heterocycles. The van der Waals surface area contributed by atoms with Gasteiger partial charge in [0.25, 0.3) is 0 Å². The van der Waals surface area contributed by atoms with Crippen LogP contribution < -0.4 is 5.32 Å². The Kier molecular flexibility index (Phi) is 3.13. The van der Waals surface area contributed by atoms with Crippen molar-refractivity contribution >= 4 is 17.3 Å². The van der Waals surface area contributed by atoms with E-state index in [1.165, 1.54) is 11.3 Å².